The highest BCUT2D eigenvalue weighted by Crippen LogP contribution is 2.30. The number of hydrogen-bond acceptors (Lipinski definition) is 5. The van der Waals surface area contributed by atoms with Gasteiger partial charge in [-0.05, 0) is 67.9 Å². The number of rotatable bonds is 5. The van der Waals surface area contributed by atoms with Crippen LogP contribution in [0.1, 0.15) is 16.8 Å². The van der Waals surface area contributed by atoms with Crippen LogP contribution in [0.15, 0.2) is 57.7 Å². The first-order valence-electron chi connectivity index (χ1n) is 9.80. The molecular formula is C23H17F2N5O3. The van der Waals surface area contributed by atoms with Gasteiger partial charge in [0.2, 0.25) is 11.8 Å². The van der Waals surface area contributed by atoms with E-state index in [0.29, 0.717) is 22.5 Å². The van der Waals surface area contributed by atoms with Gasteiger partial charge >= 0.3 is 5.76 Å². The van der Waals surface area contributed by atoms with Crippen LogP contribution in [0.25, 0.3) is 17.1 Å². The maximum Gasteiger partial charge on any atom is 0.437 e. The molecule has 4 rings (SSSR count). The molecule has 0 fully saturated rings. The van der Waals surface area contributed by atoms with Gasteiger partial charge in [0, 0.05) is 16.9 Å². The predicted molar refractivity (Wildman–Crippen MR) is 115 cm³/mol. The van der Waals surface area contributed by atoms with Crippen LogP contribution >= 0.6 is 0 Å². The summed E-state index contributed by atoms with van der Waals surface area (Å²) < 4.78 is 34.0. The lowest BCUT2D eigenvalue weighted by Crippen LogP contribution is -2.27. The van der Waals surface area contributed by atoms with Crippen molar-refractivity contribution in [3.63, 3.8) is 0 Å². The molecule has 33 heavy (non-hydrogen) atoms. The first-order valence-corrected chi connectivity index (χ1v) is 9.80. The lowest BCUT2D eigenvalue weighted by atomic mass is 10.2. The number of carbonyl (C=O) groups excluding carboxylic acids is 1. The van der Waals surface area contributed by atoms with Gasteiger partial charge in [0.15, 0.2) is 0 Å². The fraction of sp³-hybridized carbons (Fsp3) is 0.130. The molecule has 1 amide bonds. The van der Waals surface area contributed by atoms with E-state index >= 15 is 0 Å². The van der Waals surface area contributed by atoms with Crippen LogP contribution in [0.3, 0.4) is 0 Å². The molecule has 0 spiro atoms. The Hall–Kier alpha value is -4.52. The number of hydrogen-bond donors (Lipinski definition) is 1. The maximum atomic E-state index is 13.4. The number of anilines is 1. The molecule has 0 unspecified atom stereocenters. The van der Waals surface area contributed by atoms with Crippen molar-refractivity contribution in [1.82, 2.24) is 14.3 Å². The summed E-state index contributed by atoms with van der Waals surface area (Å²) in [5.41, 5.74) is 2.49. The van der Waals surface area contributed by atoms with Crippen LogP contribution < -0.4 is 11.1 Å². The second-order valence-electron chi connectivity index (χ2n) is 7.24. The molecule has 0 atom stereocenters. The Morgan fingerprint density at radius 3 is 2.30 bits per heavy atom. The number of nitriles is 1. The zero-order valence-corrected chi connectivity index (χ0v) is 17.6. The van der Waals surface area contributed by atoms with Crippen molar-refractivity contribution in [2.24, 2.45) is 0 Å². The van der Waals surface area contributed by atoms with Crippen LogP contribution in [0, 0.1) is 36.8 Å². The van der Waals surface area contributed by atoms with Gasteiger partial charge in [-0.3, -0.25) is 9.36 Å². The molecule has 0 aliphatic heterocycles. The molecule has 0 bridgehead atoms. The topological polar surface area (TPSA) is 106 Å². The van der Waals surface area contributed by atoms with E-state index in [9.17, 15) is 23.6 Å². The third kappa shape index (κ3) is 4.16. The summed E-state index contributed by atoms with van der Waals surface area (Å²) in [7, 11) is 0. The fourth-order valence-corrected chi connectivity index (χ4v) is 3.40. The minimum Gasteiger partial charge on any atom is -0.388 e. The molecule has 0 radical (unpaired) electrons. The largest absolute Gasteiger partial charge is 0.437 e. The van der Waals surface area contributed by atoms with Gasteiger partial charge in [-0.25, -0.2) is 13.6 Å². The van der Waals surface area contributed by atoms with Gasteiger partial charge in [0.1, 0.15) is 30.1 Å². The smallest absolute Gasteiger partial charge is 0.388 e. The molecule has 0 saturated carbocycles. The summed E-state index contributed by atoms with van der Waals surface area (Å²) in [6, 6.07) is 12.8. The molecule has 4 aromatic rings. The highest BCUT2D eigenvalue weighted by molar-refractivity contribution is 5.92. The van der Waals surface area contributed by atoms with Gasteiger partial charge < -0.3 is 9.73 Å². The molecule has 2 aromatic carbocycles. The average molecular weight is 449 g/mol. The van der Waals surface area contributed by atoms with Crippen molar-refractivity contribution in [2.75, 3.05) is 5.32 Å². The lowest BCUT2D eigenvalue weighted by Gasteiger charge is -2.13. The Kier molecular flexibility index (Phi) is 5.62. The summed E-state index contributed by atoms with van der Waals surface area (Å²) in [5, 5.41) is 16.3. The second-order valence-corrected chi connectivity index (χ2v) is 7.24. The summed E-state index contributed by atoms with van der Waals surface area (Å²) in [6.45, 7) is 3.02. The highest BCUT2D eigenvalue weighted by atomic mass is 19.1. The van der Waals surface area contributed by atoms with Crippen LogP contribution in [-0.4, -0.2) is 20.3 Å². The van der Waals surface area contributed by atoms with Crippen LogP contribution in [0.4, 0.5) is 14.6 Å². The molecule has 2 aromatic heterocycles. The van der Waals surface area contributed by atoms with E-state index in [-0.39, 0.29) is 17.3 Å². The number of nitrogens with one attached hydrogen (secondary N) is 1. The molecule has 0 aliphatic carbocycles. The summed E-state index contributed by atoms with van der Waals surface area (Å²) in [4.78, 5) is 24.9. The Labute approximate surface area is 186 Å². The fourth-order valence-electron chi connectivity index (χ4n) is 3.40. The lowest BCUT2D eigenvalue weighted by molar-refractivity contribution is -0.117. The van der Waals surface area contributed by atoms with E-state index in [1.807, 2.05) is 0 Å². The van der Waals surface area contributed by atoms with E-state index in [0.717, 1.165) is 4.68 Å². The second kappa shape index (κ2) is 8.55. The predicted octanol–water partition coefficient (Wildman–Crippen LogP) is 3.70. The van der Waals surface area contributed by atoms with Gasteiger partial charge in [0.05, 0.1) is 5.56 Å². The van der Waals surface area contributed by atoms with Crippen LogP contribution in [0.5, 0.6) is 0 Å². The Morgan fingerprint density at radius 2 is 1.70 bits per heavy atom. The number of halogens is 2. The minimum atomic E-state index is -0.869. The van der Waals surface area contributed by atoms with Crippen molar-refractivity contribution < 1.29 is 18.0 Å². The number of nitrogens with zero attached hydrogens (tertiary/aromatic N) is 4. The number of benzene rings is 2. The third-order valence-corrected chi connectivity index (χ3v) is 5.16. The standard InChI is InChI=1S/C23H17F2N5O3/c1-13-14(2)30(18-9-7-17(25)8-10-18)21(19(13)11-26)27-20(31)12-29-23(32)33-22(28-29)15-3-5-16(24)6-4-15/h3-10H,12H2,1-2H3,(H,27,31). The number of amides is 1. The van der Waals surface area contributed by atoms with Crippen LogP contribution in [0.2, 0.25) is 0 Å². The third-order valence-electron chi connectivity index (χ3n) is 5.16. The molecule has 10 heteroatoms. The number of carbonyl (C=O) groups is 1. The molecule has 0 aliphatic rings. The van der Waals surface area contributed by atoms with Crippen molar-refractivity contribution in [1.29, 1.82) is 5.26 Å². The Balaban J connectivity index is 1.64. The van der Waals surface area contributed by atoms with E-state index in [4.69, 9.17) is 4.42 Å². The highest BCUT2D eigenvalue weighted by Gasteiger charge is 2.22. The quantitative estimate of drug-likeness (QED) is 0.500. The van der Waals surface area contributed by atoms with Crippen molar-refractivity contribution in [2.45, 2.75) is 20.4 Å². The van der Waals surface area contributed by atoms with Crippen molar-refractivity contribution in [3.05, 3.63) is 87.5 Å². The van der Waals surface area contributed by atoms with Gasteiger partial charge in [-0.2, -0.15) is 9.94 Å². The Bertz CT molecular complexity index is 1440. The van der Waals surface area contributed by atoms with Crippen molar-refractivity contribution >= 4 is 11.7 Å². The molecule has 1 N–H and O–H groups in total. The van der Waals surface area contributed by atoms with Gasteiger partial charge in [-0.15, -0.1) is 5.10 Å². The van der Waals surface area contributed by atoms with E-state index < -0.39 is 29.8 Å². The zero-order chi connectivity index (χ0) is 23.7. The molecule has 2 heterocycles. The maximum absolute atomic E-state index is 13.4. The first-order chi connectivity index (χ1) is 15.8. The summed E-state index contributed by atoms with van der Waals surface area (Å²) >= 11 is 0. The van der Waals surface area contributed by atoms with E-state index in [1.54, 1.807) is 18.4 Å². The summed E-state index contributed by atoms with van der Waals surface area (Å²) in [5.74, 6) is -2.25. The zero-order valence-electron chi connectivity index (χ0n) is 17.6. The first kappa shape index (κ1) is 21.7. The van der Waals surface area contributed by atoms with Gasteiger partial charge in [0.25, 0.3) is 0 Å². The van der Waals surface area contributed by atoms with E-state index in [1.165, 1.54) is 48.5 Å². The van der Waals surface area contributed by atoms with Gasteiger partial charge in [-0.1, -0.05) is 0 Å². The van der Waals surface area contributed by atoms with Crippen molar-refractivity contribution in [3.8, 4) is 23.2 Å². The summed E-state index contributed by atoms with van der Waals surface area (Å²) in [6.07, 6.45) is 0. The molecule has 0 saturated heterocycles. The number of aromatic nitrogens is 3. The van der Waals surface area contributed by atoms with Crippen LogP contribution in [-0.2, 0) is 11.3 Å². The molecule has 8 nitrogen and oxygen atoms in total. The Morgan fingerprint density at radius 1 is 1.09 bits per heavy atom. The SMILES string of the molecule is Cc1c(C#N)c(NC(=O)Cn2nc(-c3ccc(F)cc3)oc2=O)n(-c2ccc(F)cc2)c1C. The molecule has 166 valence electrons. The average Bonchev–Trinajstić information content (AvgIpc) is 3.26. The minimum absolute atomic E-state index is 0.0631. The van der Waals surface area contributed by atoms with E-state index in [2.05, 4.69) is 16.5 Å². The monoisotopic (exact) mass is 449 g/mol. The molecular weight excluding hydrogens is 432 g/mol. The normalized spacial score (nSPS) is 10.8.